The molecule has 38 heavy (non-hydrogen) atoms. The largest absolute Gasteiger partial charge is 0.504 e. The molecule has 208 valence electrons. The zero-order valence-electron chi connectivity index (χ0n) is 20.6. The Morgan fingerprint density at radius 2 is 1.82 bits per heavy atom. The van der Waals surface area contributed by atoms with Crippen LogP contribution in [0.4, 0.5) is 0 Å². The van der Waals surface area contributed by atoms with E-state index in [9.17, 15) is 35.1 Å². The quantitative estimate of drug-likeness (QED) is 0.191. The van der Waals surface area contributed by atoms with E-state index in [-0.39, 0.29) is 31.0 Å². The van der Waals surface area contributed by atoms with Crippen LogP contribution in [-0.2, 0) is 38.0 Å². The summed E-state index contributed by atoms with van der Waals surface area (Å²) in [5.74, 6) is -3.13. The molecule has 4 rings (SSSR count). The number of carbonyl (C=O) groups excluding carboxylic acids is 2. The predicted octanol–water partition coefficient (Wildman–Crippen LogP) is -0.0977. The lowest BCUT2D eigenvalue weighted by Gasteiger charge is -2.42. The van der Waals surface area contributed by atoms with E-state index in [1.54, 1.807) is 13.0 Å². The average molecular weight is 539 g/mol. The second-order valence-electron chi connectivity index (χ2n) is 8.98. The molecule has 3 heterocycles. The lowest BCUT2D eigenvalue weighted by molar-refractivity contribution is -0.330. The summed E-state index contributed by atoms with van der Waals surface area (Å²) < 4.78 is 33.2. The molecule has 1 aromatic carbocycles. The lowest BCUT2D eigenvalue weighted by Crippen LogP contribution is -2.60. The van der Waals surface area contributed by atoms with Gasteiger partial charge in [-0.1, -0.05) is 12.1 Å². The molecule has 0 amide bonds. The molecule has 0 aliphatic carbocycles. The average Bonchev–Trinajstić information content (AvgIpc) is 2.90. The molecule has 0 aromatic heterocycles. The number of phenols is 2. The first-order chi connectivity index (χ1) is 18.1. The summed E-state index contributed by atoms with van der Waals surface area (Å²) in [6.45, 7) is 0.954. The molecule has 2 saturated heterocycles. The minimum absolute atomic E-state index is 0.0270. The van der Waals surface area contributed by atoms with Crippen molar-refractivity contribution in [1.29, 1.82) is 0 Å². The van der Waals surface area contributed by atoms with Crippen molar-refractivity contribution in [2.24, 2.45) is 5.92 Å². The van der Waals surface area contributed by atoms with Gasteiger partial charge in [0.1, 0.15) is 37.1 Å². The number of fused-ring (bicyclic) bond motifs is 4. The van der Waals surface area contributed by atoms with E-state index in [0.717, 1.165) is 6.26 Å². The zero-order chi connectivity index (χ0) is 27.6. The molecule has 3 aliphatic rings. The summed E-state index contributed by atoms with van der Waals surface area (Å²) in [7, 11) is 1.18. The summed E-state index contributed by atoms with van der Waals surface area (Å²) >= 11 is 0. The number of aromatic hydroxyl groups is 2. The number of cyclic esters (lactones) is 1. The Bertz CT molecular complexity index is 1100. The third-order valence-electron chi connectivity index (χ3n) is 6.65. The zero-order valence-corrected chi connectivity index (χ0v) is 20.6. The molecule has 8 atom stereocenters. The summed E-state index contributed by atoms with van der Waals surface area (Å²) in [5.41, 5.74) is 0.694. The first kappa shape index (κ1) is 27.8. The van der Waals surface area contributed by atoms with Gasteiger partial charge in [-0.15, -0.1) is 0 Å². The second-order valence-corrected chi connectivity index (χ2v) is 8.98. The third-order valence-corrected chi connectivity index (χ3v) is 6.65. The van der Waals surface area contributed by atoms with Gasteiger partial charge in [0, 0.05) is 11.5 Å². The monoisotopic (exact) mass is 538 g/mol. The first-order valence-electron chi connectivity index (χ1n) is 11.9. The molecule has 0 saturated carbocycles. The Balaban J connectivity index is 1.70. The van der Waals surface area contributed by atoms with E-state index >= 15 is 0 Å². The summed E-state index contributed by atoms with van der Waals surface area (Å²) in [6.07, 6.45) is -7.44. The van der Waals surface area contributed by atoms with Gasteiger partial charge in [0.25, 0.3) is 0 Å². The first-order valence-corrected chi connectivity index (χ1v) is 11.9. The fourth-order valence-corrected chi connectivity index (χ4v) is 4.50. The van der Waals surface area contributed by atoms with Gasteiger partial charge in [-0.2, -0.15) is 0 Å². The molecule has 1 aromatic rings. The van der Waals surface area contributed by atoms with Gasteiger partial charge in [-0.3, -0.25) is 4.79 Å². The van der Waals surface area contributed by atoms with Crippen LogP contribution >= 0.6 is 0 Å². The molecule has 0 spiro atoms. The topological polar surface area (TPSA) is 191 Å². The number of hydrogen-bond acceptors (Lipinski definition) is 13. The van der Waals surface area contributed by atoms with Gasteiger partial charge in [-0.05, 0) is 24.6 Å². The fourth-order valence-electron chi connectivity index (χ4n) is 4.50. The standard InChI is InChI=1S/C25H30O13/c1-3-12-13-7-19(28)35-9-17(11-4-5-15(26)16(27)6-11)34-10-18-20(29)21(30)22(31)25(37-18)38-24(12)36-8-14(13)23(32)33-2/h3-6,8,13,17-18,20-22,24-27,29-31H,7,9-10H2,1-2H3/b12-3+. The van der Waals surface area contributed by atoms with Crippen LogP contribution in [0.15, 0.2) is 41.7 Å². The van der Waals surface area contributed by atoms with Gasteiger partial charge >= 0.3 is 11.9 Å². The summed E-state index contributed by atoms with van der Waals surface area (Å²) in [5, 5.41) is 51.1. The number of phenolic OH excluding ortho intramolecular Hbond substituents is 2. The van der Waals surface area contributed by atoms with Crippen molar-refractivity contribution >= 4 is 11.9 Å². The fraction of sp³-hybridized carbons (Fsp3) is 0.520. The van der Waals surface area contributed by atoms with Crippen LogP contribution in [0.1, 0.15) is 25.0 Å². The number of rotatable bonds is 2. The number of carbonyl (C=O) groups is 2. The molecule has 13 heteroatoms. The maximum atomic E-state index is 12.9. The third kappa shape index (κ3) is 5.62. The molecule has 0 radical (unpaired) electrons. The van der Waals surface area contributed by atoms with Crippen molar-refractivity contribution in [2.45, 2.75) is 56.4 Å². The van der Waals surface area contributed by atoms with E-state index in [1.165, 1.54) is 25.3 Å². The van der Waals surface area contributed by atoms with Gasteiger partial charge in [0.05, 0.1) is 32.0 Å². The predicted molar refractivity (Wildman–Crippen MR) is 124 cm³/mol. The molecule has 4 bridgehead atoms. The Morgan fingerprint density at radius 3 is 2.50 bits per heavy atom. The highest BCUT2D eigenvalue weighted by Crippen LogP contribution is 2.37. The maximum Gasteiger partial charge on any atom is 0.337 e. The minimum Gasteiger partial charge on any atom is -0.504 e. The molecular weight excluding hydrogens is 508 g/mol. The van der Waals surface area contributed by atoms with Crippen LogP contribution in [0.5, 0.6) is 11.5 Å². The molecule has 13 nitrogen and oxygen atoms in total. The van der Waals surface area contributed by atoms with Crippen LogP contribution in [0, 0.1) is 5.92 Å². The number of esters is 2. The Kier molecular flexibility index (Phi) is 8.55. The number of allylic oxidation sites excluding steroid dienone is 1. The van der Waals surface area contributed by atoms with Crippen LogP contribution in [0.25, 0.3) is 0 Å². The Morgan fingerprint density at radius 1 is 1.05 bits per heavy atom. The van der Waals surface area contributed by atoms with Gasteiger partial charge < -0.3 is 54.0 Å². The van der Waals surface area contributed by atoms with E-state index in [4.69, 9.17) is 28.4 Å². The van der Waals surface area contributed by atoms with E-state index in [0.29, 0.717) is 11.1 Å². The van der Waals surface area contributed by atoms with Crippen LogP contribution in [0.3, 0.4) is 0 Å². The summed E-state index contributed by atoms with van der Waals surface area (Å²) in [4.78, 5) is 25.3. The number of aliphatic hydroxyl groups is 3. The van der Waals surface area contributed by atoms with Gasteiger partial charge in [0.15, 0.2) is 17.8 Å². The van der Waals surface area contributed by atoms with Crippen molar-refractivity contribution in [2.75, 3.05) is 20.3 Å². The van der Waals surface area contributed by atoms with Crippen molar-refractivity contribution in [3.8, 4) is 11.5 Å². The van der Waals surface area contributed by atoms with Crippen LogP contribution < -0.4 is 0 Å². The van der Waals surface area contributed by atoms with Crippen molar-refractivity contribution in [3.63, 3.8) is 0 Å². The molecule has 3 aliphatic heterocycles. The number of methoxy groups -OCH3 is 1. The number of hydrogen-bond donors (Lipinski definition) is 5. The van der Waals surface area contributed by atoms with E-state index < -0.39 is 66.7 Å². The van der Waals surface area contributed by atoms with Crippen molar-refractivity contribution in [3.05, 3.63) is 47.2 Å². The highest BCUT2D eigenvalue weighted by Gasteiger charge is 2.47. The van der Waals surface area contributed by atoms with E-state index in [1.807, 2.05) is 0 Å². The normalized spacial score (nSPS) is 35.3. The van der Waals surface area contributed by atoms with Crippen molar-refractivity contribution < 1.29 is 63.5 Å². The van der Waals surface area contributed by atoms with E-state index in [2.05, 4.69) is 0 Å². The summed E-state index contributed by atoms with van der Waals surface area (Å²) in [6, 6.07) is 3.89. The highest BCUT2D eigenvalue weighted by atomic mass is 16.8. The molecule has 5 N–H and O–H groups in total. The van der Waals surface area contributed by atoms with Crippen LogP contribution in [0.2, 0.25) is 0 Å². The highest BCUT2D eigenvalue weighted by molar-refractivity contribution is 5.90. The van der Waals surface area contributed by atoms with Gasteiger partial charge in [-0.25, -0.2) is 4.79 Å². The number of ether oxygens (including phenoxy) is 6. The number of benzene rings is 1. The van der Waals surface area contributed by atoms with Crippen LogP contribution in [-0.4, -0.2) is 94.8 Å². The second kappa shape index (κ2) is 11.7. The SMILES string of the molecule is C/C=C1/C2OC=C(C(=O)OC)C1CC(=O)OCC(c1ccc(O)c(O)c1)OCC1OC(O2)C(O)C(O)C1O. The minimum atomic E-state index is -1.67. The smallest absolute Gasteiger partial charge is 0.337 e. The van der Waals surface area contributed by atoms with Crippen molar-refractivity contribution in [1.82, 2.24) is 0 Å². The van der Waals surface area contributed by atoms with Gasteiger partial charge in [0.2, 0.25) is 6.29 Å². The maximum absolute atomic E-state index is 12.9. The molecule has 8 unspecified atom stereocenters. The molecular formula is C25H30O13. The Hall–Kier alpha value is -3.20. The number of aliphatic hydroxyl groups excluding tert-OH is 3. The Labute approximate surface area is 217 Å². The molecule has 2 fully saturated rings. The lowest BCUT2D eigenvalue weighted by atomic mass is 9.86.